The van der Waals surface area contributed by atoms with Gasteiger partial charge in [-0.2, -0.15) is 0 Å². The van der Waals surface area contributed by atoms with Crippen molar-refractivity contribution >= 4 is 27.6 Å². The van der Waals surface area contributed by atoms with Crippen LogP contribution in [0.4, 0.5) is 11.6 Å². The second kappa shape index (κ2) is 6.00. The van der Waals surface area contributed by atoms with Gasteiger partial charge in [0.1, 0.15) is 22.4 Å². The van der Waals surface area contributed by atoms with Crippen LogP contribution in [0.15, 0.2) is 10.8 Å². The summed E-state index contributed by atoms with van der Waals surface area (Å²) in [5.41, 5.74) is 0. The number of aliphatic hydroxyl groups is 1. The molecule has 0 fully saturated rings. The van der Waals surface area contributed by atoms with E-state index in [1.165, 1.54) is 6.33 Å². The van der Waals surface area contributed by atoms with Gasteiger partial charge in [0.25, 0.3) is 0 Å². The highest BCUT2D eigenvalue weighted by atomic mass is 79.9. The van der Waals surface area contributed by atoms with Crippen LogP contribution in [0.2, 0.25) is 0 Å². The number of aromatic nitrogens is 2. The Hall–Kier alpha value is -0.880. The number of anilines is 2. The molecule has 0 aliphatic heterocycles. The molecule has 5 nitrogen and oxygen atoms in total. The minimum absolute atomic E-state index is 0.0145. The first-order chi connectivity index (χ1) is 7.61. The topological polar surface area (TPSA) is 61.3 Å². The molecule has 16 heavy (non-hydrogen) atoms. The number of aliphatic hydroxyl groups excluding tert-OH is 1. The summed E-state index contributed by atoms with van der Waals surface area (Å²) in [4.78, 5) is 10.3. The number of halogens is 1. The van der Waals surface area contributed by atoms with Crippen molar-refractivity contribution in [1.29, 1.82) is 0 Å². The molecule has 90 valence electrons. The number of rotatable bonds is 5. The number of hydrogen-bond donors (Lipinski definition) is 2. The summed E-state index contributed by atoms with van der Waals surface area (Å²) in [6.07, 6.45) is 1.51. The molecule has 0 aromatic carbocycles. The molecule has 1 unspecified atom stereocenters. The van der Waals surface area contributed by atoms with Crippen LogP contribution in [-0.4, -0.2) is 41.3 Å². The molecule has 0 aliphatic carbocycles. The van der Waals surface area contributed by atoms with Crippen LogP contribution in [0.25, 0.3) is 0 Å². The zero-order valence-corrected chi connectivity index (χ0v) is 11.3. The van der Waals surface area contributed by atoms with Crippen LogP contribution < -0.4 is 10.2 Å². The lowest BCUT2D eigenvalue weighted by atomic mass is 10.3. The highest BCUT2D eigenvalue weighted by Gasteiger charge is 2.15. The Labute approximate surface area is 104 Å². The van der Waals surface area contributed by atoms with Gasteiger partial charge >= 0.3 is 0 Å². The molecule has 0 bridgehead atoms. The maximum absolute atomic E-state index is 9.11. The summed E-state index contributed by atoms with van der Waals surface area (Å²) >= 11 is 3.47. The Morgan fingerprint density at radius 1 is 1.56 bits per heavy atom. The van der Waals surface area contributed by atoms with Gasteiger partial charge in [-0.05, 0) is 29.8 Å². The molecule has 0 aliphatic rings. The van der Waals surface area contributed by atoms with Gasteiger partial charge < -0.3 is 15.3 Å². The van der Waals surface area contributed by atoms with Gasteiger partial charge in [-0.15, -0.1) is 0 Å². The molecular weight excluding hydrogens is 272 g/mol. The first-order valence-electron chi connectivity index (χ1n) is 5.19. The summed E-state index contributed by atoms with van der Waals surface area (Å²) in [6.45, 7) is 4.83. The van der Waals surface area contributed by atoms with Crippen molar-refractivity contribution in [2.45, 2.75) is 19.9 Å². The van der Waals surface area contributed by atoms with E-state index in [0.29, 0.717) is 0 Å². The van der Waals surface area contributed by atoms with Gasteiger partial charge in [0.2, 0.25) is 0 Å². The minimum Gasteiger partial charge on any atom is -0.394 e. The van der Waals surface area contributed by atoms with E-state index >= 15 is 0 Å². The average Bonchev–Trinajstić information content (AvgIpc) is 2.30. The smallest absolute Gasteiger partial charge is 0.148 e. The molecule has 1 atom stereocenters. The fourth-order valence-corrected chi connectivity index (χ4v) is 1.85. The Bertz CT molecular complexity index is 348. The quantitative estimate of drug-likeness (QED) is 0.860. The lowest BCUT2D eigenvalue weighted by Crippen LogP contribution is -2.32. The van der Waals surface area contributed by atoms with Crippen LogP contribution >= 0.6 is 15.9 Å². The first-order valence-corrected chi connectivity index (χ1v) is 5.99. The maximum Gasteiger partial charge on any atom is 0.148 e. The zero-order chi connectivity index (χ0) is 12.1. The molecule has 1 heterocycles. The number of hydrogen-bond acceptors (Lipinski definition) is 5. The summed E-state index contributed by atoms with van der Waals surface area (Å²) in [5, 5.41) is 12.3. The molecule has 1 rings (SSSR count). The van der Waals surface area contributed by atoms with Crippen LogP contribution in [0.5, 0.6) is 0 Å². The van der Waals surface area contributed by atoms with Gasteiger partial charge in [0.05, 0.1) is 12.6 Å². The van der Waals surface area contributed by atoms with E-state index in [0.717, 1.165) is 22.7 Å². The predicted octanol–water partition coefficient (Wildman–Crippen LogP) is 1.49. The van der Waals surface area contributed by atoms with Crippen LogP contribution in [-0.2, 0) is 0 Å². The summed E-state index contributed by atoms with van der Waals surface area (Å²) in [5.74, 6) is 1.54. The molecular formula is C10H17BrN4O. The van der Waals surface area contributed by atoms with Crippen LogP contribution in [0, 0.1) is 0 Å². The fraction of sp³-hybridized carbons (Fsp3) is 0.600. The first kappa shape index (κ1) is 13.2. The molecule has 0 radical (unpaired) electrons. The van der Waals surface area contributed by atoms with E-state index in [-0.39, 0.29) is 12.6 Å². The number of nitrogens with one attached hydrogen (secondary N) is 1. The highest BCUT2D eigenvalue weighted by Crippen LogP contribution is 2.29. The summed E-state index contributed by atoms with van der Waals surface area (Å²) < 4.78 is 0.819. The van der Waals surface area contributed by atoms with Crippen LogP contribution in [0.3, 0.4) is 0 Å². The van der Waals surface area contributed by atoms with Crippen molar-refractivity contribution in [3.8, 4) is 0 Å². The molecule has 2 N–H and O–H groups in total. The van der Waals surface area contributed by atoms with Gasteiger partial charge in [-0.3, -0.25) is 0 Å². The van der Waals surface area contributed by atoms with Crippen molar-refractivity contribution in [2.24, 2.45) is 0 Å². The van der Waals surface area contributed by atoms with Crippen molar-refractivity contribution in [3.63, 3.8) is 0 Å². The molecule has 0 saturated heterocycles. The van der Waals surface area contributed by atoms with E-state index in [1.807, 2.05) is 25.8 Å². The van der Waals surface area contributed by atoms with E-state index in [2.05, 4.69) is 31.2 Å². The minimum atomic E-state index is 0.0145. The maximum atomic E-state index is 9.11. The van der Waals surface area contributed by atoms with E-state index in [4.69, 9.17) is 5.11 Å². The summed E-state index contributed by atoms with van der Waals surface area (Å²) in [6, 6.07) is 0.0145. The van der Waals surface area contributed by atoms with Crippen molar-refractivity contribution in [2.75, 3.05) is 30.4 Å². The fourth-order valence-electron chi connectivity index (χ4n) is 1.23. The van der Waals surface area contributed by atoms with Gasteiger partial charge in [0, 0.05) is 13.6 Å². The monoisotopic (exact) mass is 288 g/mol. The van der Waals surface area contributed by atoms with Crippen molar-refractivity contribution in [3.05, 3.63) is 10.8 Å². The molecule has 1 aromatic heterocycles. The number of nitrogens with zero attached hydrogens (tertiary/aromatic N) is 3. The Balaban J connectivity index is 3.00. The lowest BCUT2D eigenvalue weighted by molar-refractivity contribution is 0.269. The highest BCUT2D eigenvalue weighted by molar-refractivity contribution is 9.10. The van der Waals surface area contributed by atoms with Crippen molar-refractivity contribution < 1.29 is 5.11 Å². The average molecular weight is 289 g/mol. The number of likely N-dealkylation sites (N-methyl/N-ethyl adjacent to an activating group) is 1. The second-order valence-corrected chi connectivity index (χ2v) is 4.33. The SMILES string of the molecule is CCNc1ncnc(N(C)C(C)CO)c1Br. The third kappa shape index (κ3) is 2.82. The van der Waals surface area contributed by atoms with Crippen LogP contribution in [0.1, 0.15) is 13.8 Å². The van der Waals surface area contributed by atoms with Gasteiger partial charge in [-0.1, -0.05) is 0 Å². The molecule has 0 saturated carbocycles. The Morgan fingerprint density at radius 2 is 2.25 bits per heavy atom. The molecule has 1 aromatic rings. The Morgan fingerprint density at radius 3 is 2.81 bits per heavy atom. The molecule has 0 amide bonds. The second-order valence-electron chi connectivity index (χ2n) is 3.53. The lowest BCUT2D eigenvalue weighted by Gasteiger charge is -2.25. The van der Waals surface area contributed by atoms with Gasteiger partial charge in [0.15, 0.2) is 0 Å². The summed E-state index contributed by atoms with van der Waals surface area (Å²) in [7, 11) is 1.89. The van der Waals surface area contributed by atoms with E-state index in [9.17, 15) is 0 Å². The zero-order valence-electron chi connectivity index (χ0n) is 9.74. The largest absolute Gasteiger partial charge is 0.394 e. The van der Waals surface area contributed by atoms with Crippen molar-refractivity contribution in [1.82, 2.24) is 9.97 Å². The standard InChI is InChI=1S/C10H17BrN4O/c1-4-12-9-8(11)10(14-6-13-9)15(3)7(2)5-16/h6-7,16H,4-5H2,1-3H3,(H,12,13,14). The third-order valence-electron chi connectivity index (χ3n) is 2.37. The van der Waals surface area contributed by atoms with Gasteiger partial charge in [-0.25, -0.2) is 9.97 Å². The third-order valence-corrected chi connectivity index (χ3v) is 3.10. The predicted molar refractivity (Wildman–Crippen MR) is 68.8 cm³/mol. The van der Waals surface area contributed by atoms with E-state index in [1.54, 1.807) is 0 Å². The molecule has 0 spiro atoms. The normalized spacial score (nSPS) is 12.3. The Kier molecular flexibility index (Phi) is 4.95. The van der Waals surface area contributed by atoms with E-state index < -0.39 is 0 Å². The molecule has 6 heteroatoms.